The monoisotopic (exact) mass is 278 g/mol. The highest BCUT2D eigenvalue weighted by atomic mass is 35.5. The second-order valence-corrected chi connectivity index (χ2v) is 4.48. The van der Waals surface area contributed by atoms with Gasteiger partial charge in [0.1, 0.15) is 11.6 Å². The Balaban J connectivity index is 2.27. The number of methoxy groups -OCH3 is 1. The fourth-order valence-corrected chi connectivity index (χ4v) is 1.95. The van der Waals surface area contributed by atoms with Crippen molar-refractivity contribution in [1.82, 2.24) is 0 Å². The number of carbonyl (C=O) groups is 1. The molecule has 0 aliphatic carbocycles. The van der Waals surface area contributed by atoms with Crippen molar-refractivity contribution in [3.8, 4) is 5.75 Å². The summed E-state index contributed by atoms with van der Waals surface area (Å²) < 4.78 is 18.8. The first-order valence-corrected chi connectivity index (χ1v) is 6.09. The molecule has 0 aromatic heterocycles. The summed E-state index contributed by atoms with van der Waals surface area (Å²) in [4.78, 5) is 12.1. The lowest BCUT2D eigenvalue weighted by molar-refractivity contribution is 0.0986. The van der Waals surface area contributed by atoms with Crippen molar-refractivity contribution in [3.05, 3.63) is 64.4 Å². The third-order valence-electron chi connectivity index (χ3n) is 2.75. The lowest BCUT2D eigenvalue weighted by Crippen LogP contribution is -2.08. The smallest absolute Gasteiger partial charge is 0.173 e. The van der Waals surface area contributed by atoms with Crippen LogP contribution in [-0.2, 0) is 6.42 Å². The van der Waals surface area contributed by atoms with E-state index >= 15 is 0 Å². The molecule has 2 rings (SSSR count). The molecule has 0 saturated carbocycles. The number of hydrogen-bond donors (Lipinski definition) is 0. The van der Waals surface area contributed by atoms with Gasteiger partial charge in [-0.3, -0.25) is 4.79 Å². The molecule has 2 aromatic rings. The predicted molar refractivity (Wildman–Crippen MR) is 72.4 cm³/mol. The van der Waals surface area contributed by atoms with Crippen molar-refractivity contribution in [2.45, 2.75) is 6.42 Å². The number of benzene rings is 2. The third kappa shape index (κ3) is 3.12. The molecular weight excluding hydrogens is 267 g/mol. The van der Waals surface area contributed by atoms with Gasteiger partial charge in [-0.2, -0.15) is 0 Å². The highest BCUT2D eigenvalue weighted by molar-refractivity contribution is 6.30. The first kappa shape index (κ1) is 13.6. The van der Waals surface area contributed by atoms with Crippen LogP contribution in [0, 0.1) is 5.82 Å². The van der Waals surface area contributed by atoms with Crippen LogP contribution in [0.25, 0.3) is 0 Å². The van der Waals surface area contributed by atoms with Crippen LogP contribution in [0.3, 0.4) is 0 Å². The summed E-state index contributed by atoms with van der Waals surface area (Å²) in [6.07, 6.45) is 0.106. The van der Waals surface area contributed by atoms with E-state index < -0.39 is 5.82 Å². The number of carbonyl (C=O) groups excluding carboxylic acids is 1. The summed E-state index contributed by atoms with van der Waals surface area (Å²) in [6.45, 7) is 0. The summed E-state index contributed by atoms with van der Waals surface area (Å²) in [5, 5.41) is 0.597. The number of ketones is 1. The molecule has 0 aliphatic rings. The van der Waals surface area contributed by atoms with E-state index in [2.05, 4.69) is 0 Å². The van der Waals surface area contributed by atoms with E-state index in [1.54, 1.807) is 30.3 Å². The van der Waals surface area contributed by atoms with Gasteiger partial charge in [0.15, 0.2) is 5.78 Å². The van der Waals surface area contributed by atoms with Crippen molar-refractivity contribution < 1.29 is 13.9 Å². The molecule has 0 fully saturated rings. The number of rotatable bonds is 4. The van der Waals surface area contributed by atoms with Crippen molar-refractivity contribution in [3.63, 3.8) is 0 Å². The Bertz CT molecular complexity index is 594. The summed E-state index contributed by atoms with van der Waals surface area (Å²) in [5.41, 5.74) is 0.764. The molecule has 2 nitrogen and oxygen atoms in total. The summed E-state index contributed by atoms with van der Waals surface area (Å²) in [7, 11) is 1.41. The molecule has 0 saturated heterocycles. The van der Waals surface area contributed by atoms with E-state index in [0.717, 1.165) is 5.56 Å². The molecule has 4 heteroatoms. The van der Waals surface area contributed by atoms with Crippen molar-refractivity contribution >= 4 is 17.4 Å². The SMILES string of the molecule is COc1cccc(F)c1C(=O)Cc1ccc(Cl)cc1. The average Bonchev–Trinajstić information content (AvgIpc) is 2.40. The van der Waals surface area contributed by atoms with E-state index in [4.69, 9.17) is 16.3 Å². The number of Topliss-reactive ketones (excluding diaryl/α,β-unsaturated/α-hetero) is 1. The van der Waals surface area contributed by atoms with Gasteiger partial charge in [-0.1, -0.05) is 29.8 Å². The molecule has 0 aliphatic heterocycles. The molecule has 19 heavy (non-hydrogen) atoms. The minimum Gasteiger partial charge on any atom is -0.496 e. The first-order valence-electron chi connectivity index (χ1n) is 5.72. The van der Waals surface area contributed by atoms with Gasteiger partial charge in [0.05, 0.1) is 12.7 Å². The summed E-state index contributed by atoms with van der Waals surface area (Å²) >= 11 is 5.77. The average molecular weight is 279 g/mol. The molecule has 0 N–H and O–H groups in total. The Labute approximate surface area is 115 Å². The largest absolute Gasteiger partial charge is 0.496 e. The number of ether oxygens (including phenoxy) is 1. The molecule has 0 bridgehead atoms. The quantitative estimate of drug-likeness (QED) is 0.793. The number of halogens is 2. The van der Waals surface area contributed by atoms with E-state index in [1.807, 2.05) is 0 Å². The maximum Gasteiger partial charge on any atom is 0.173 e. The highest BCUT2D eigenvalue weighted by Crippen LogP contribution is 2.23. The van der Waals surface area contributed by atoms with Gasteiger partial charge in [-0.15, -0.1) is 0 Å². The maximum absolute atomic E-state index is 13.7. The van der Waals surface area contributed by atoms with Gasteiger partial charge in [0, 0.05) is 11.4 Å². The molecule has 0 radical (unpaired) electrons. The maximum atomic E-state index is 13.7. The van der Waals surface area contributed by atoms with Crippen LogP contribution < -0.4 is 4.74 Å². The first-order chi connectivity index (χ1) is 9.11. The van der Waals surface area contributed by atoms with Crippen molar-refractivity contribution in [2.24, 2.45) is 0 Å². The molecular formula is C15H12ClFO2. The molecule has 0 unspecified atom stereocenters. The third-order valence-corrected chi connectivity index (χ3v) is 3.00. The van der Waals surface area contributed by atoms with Crippen LogP contribution >= 0.6 is 11.6 Å². The fourth-order valence-electron chi connectivity index (χ4n) is 1.82. The zero-order valence-electron chi connectivity index (χ0n) is 10.3. The fraction of sp³-hybridized carbons (Fsp3) is 0.133. The lowest BCUT2D eigenvalue weighted by Gasteiger charge is -2.08. The van der Waals surface area contributed by atoms with Crippen molar-refractivity contribution in [2.75, 3.05) is 7.11 Å². The zero-order valence-corrected chi connectivity index (χ0v) is 11.1. The molecule has 0 spiro atoms. The lowest BCUT2D eigenvalue weighted by atomic mass is 10.0. The van der Waals surface area contributed by atoms with E-state index in [9.17, 15) is 9.18 Å². The highest BCUT2D eigenvalue weighted by Gasteiger charge is 2.17. The molecule has 0 amide bonds. The molecule has 2 aromatic carbocycles. The van der Waals surface area contributed by atoms with Crippen LogP contribution in [0.15, 0.2) is 42.5 Å². The zero-order chi connectivity index (χ0) is 13.8. The van der Waals surface area contributed by atoms with Crippen LogP contribution in [0.5, 0.6) is 5.75 Å². The minimum absolute atomic E-state index is 0.0139. The Morgan fingerprint density at radius 1 is 1.21 bits per heavy atom. The van der Waals surface area contributed by atoms with Gasteiger partial charge >= 0.3 is 0 Å². The van der Waals surface area contributed by atoms with Gasteiger partial charge in [-0.05, 0) is 29.8 Å². The summed E-state index contributed by atoms with van der Waals surface area (Å²) in [5.74, 6) is -0.644. The molecule has 0 atom stereocenters. The minimum atomic E-state index is -0.571. The van der Waals surface area contributed by atoms with Crippen LogP contribution in [-0.4, -0.2) is 12.9 Å². The van der Waals surface area contributed by atoms with Crippen LogP contribution in [0.1, 0.15) is 15.9 Å². The van der Waals surface area contributed by atoms with E-state index in [1.165, 1.54) is 19.2 Å². The normalized spacial score (nSPS) is 10.3. The van der Waals surface area contributed by atoms with Gasteiger partial charge in [-0.25, -0.2) is 4.39 Å². The Hall–Kier alpha value is -1.87. The van der Waals surface area contributed by atoms with Gasteiger partial charge in [0.2, 0.25) is 0 Å². The van der Waals surface area contributed by atoms with Gasteiger partial charge < -0.3 is 4.74 Å². The second-order valence-electron chi connectivity index (χ2n) is 4.04. The summed E-state index contributed by atoms with van der Waals surface area (Å²) in [6, 6.07) is 11.2. The molecule has 0 heterocycles. The van der Waals surface area contributed by atoms with Gasteiger partial charge in [0.25, 0.3) is 0 Å². The second kappa shape index (κ2) is 5.85. The Morgan fingerprint density at radius 3 is 2.53 bits per heavy atom. The standard InChI is InChI=1S/C15H12ClFO2/c1-19-14-4-2-3-12(17)15(14)13(18)9-10-5-7-11(16)8-6-10/h2-8H,9H2,1H3. The van der Waals surface area contributed by atoms with Crippen LogP contribution in [0.2, 0.25) is 5.02 Å². The van der Waals surface area contributed by atoms with E-state index in [0.29, 0.717) is 5.02 Å². The Morgan fingerprint density at radius 2 is 1.89 bits per heavy atom. The van der Waals surface area contributed by atoms with Crippen molar-refractivity contribution in [1.29, 1.82) is 0 Å². The topological polar surface area (TPSA) is 26.3 Å². The van der Waals surface area contributed by atoms with Crippen LogP contribution in [0.4, 0.5) is 4.39 Å². The molecule has 98 valence electrons. The van der Waals surface area contributed by atoms with E-state index in [-0.39, 0.29) is 23.5 Å². The Kier molecular flexibility index (Phi) is 4.17. The predicted octanol–water partition coefficient (Wildman–Crippen LogP) is 3.91. The number of hydrogen-bond acceptors (Lipinski definition) is 2.